The lowest BCUT2D eigenvalue weighted by molar-refractivity contribution is -0.383. The summed E-state index contributed by atoms with van der Waals surface area (Å²) in [5.74, 6) is 0.0858. The maximum absolute atomic E-state index is 12.6. The molecule has 0 aliphatic carbocycles. The molecule has 0 atom stereocenters. The fourth-order valence-electron chi connectivity index (χ4n) is 2.70. The van der Waals surface area contributed by atoms with Gasteiger partial charge in [-0.25, -0.2) is 0 Å². The molecule has 1 heterocycles. The Morgan fingerprint density at radius 1 is 1.21 bits per heavy atom. The largest absolute Gasteiger partial charge is 0.378 e. The van der Waals surface area contributed by atoms with E-state index in [0.717, 1.165) is 5.56 Å². The zero-order valence-electron chi connectivity index (χ0n) is 14.9. The van der Waals surface area contributed by atoms with E-state index >= 15 is 0 Å². The van der Waals surface area contributed by atoms with Gasteiger partial charge in [-0.1, -0.05) is 47.1 Å². The molecule has 3 rings (SSSR count). The SMILES string of the molecule is Cc1onc(-c2ccccc2)c1C(=O)NCCNc1ccc(Cl)cc1[N+](=O)[O-]. The third-order valence-corrected chi connectivity index (χ3v) is 4.25. The van der Waals surface area contributed by atoms with Gasteiger partial charge in [-0.2, -0.15) is 0 Å². The molecule has 144 valence electrons. The van der Waals surface area contributed by atoms with Crippen LogP contribution >= 0.6 is 11.6 Å². The van der Waals surface area contributed by atoms with Crippen molar-refractivity contribution in [2.24, 2.45) is 0 Å². The Hall–Kier alpha value is -3.39. The van der Waals surface area contributed by atoms with Crippen LogP contribution in [0.5, 0.6) is 0 Å². The highest BCUT2D eigenvalue weighted by atomic mass is 35.5. The van der Waals surface area contributed by atoms with Crippen LogP contribution in [0, 0.1) is 17.0 Å². The van der Waals surface area contributed by atoms with Crippen LogP contribution in [0.3, 0.4) is 0 Å². The van der Waals surface area contributed by atoms with Gasteiger partial charge in [-0.3, -0.25) is 14.9 Å². The summed E-state index contributed by atoms with van der Waals surface area (Å²) in [5.41, 5.74) is 1.81. The Kier molecular flexibility index (Phi) is 5.90. The van der Waals surface area contributed by atoms with E-state index in [0.29, 0.717) is 29.2 Å². The summed E-state index contributed by atoms with van der Waals surface area (Å²) in [7, 11) is 0. The molecular weight excluding hydrogens is 384 g/mol. The maximum atomic E-state index is 12.6. The van der Waals surface area contributed by atoms with Gasteiger partial charge >= 0.3 is 0 Å². The Balaban J connectivity index is 1.64. The molecule has 28 heavy (non-hydrogen) atoms. The molecule has 0 spiro atoms. The van der Waals surface area contributed by atoms with Crippen molar-refractivity contribution in [2.45, 2.75) is 6.92 Å². The molecule has 0 aliphatic rings. The summed E-state index contributed by atoms with van der Waals surface area (Å²) < 4.78 is 5.19. The summed E-state index contributed by atoms with van der Waals surface area (Å²) in [5, 5.41) is 21.1. The average molecular weight is 401 g/mol. The Bertz CT molecular complexity index is 1000. The summed E-state index contributed by atoms with van der Waals surface area (Å²) in [4.78, 5) is 23.2. The number of aromatic nitrogens is 1. The monoisotopic (exact) mass is 400 g/mol. The molecule has 2 N–H and O–H groups in total. The zero-order chi connectivity index (χ0) is 20.1. The molecule has 1 aromatic heterocycles. The predicted molar refractivity (Wildman–Crippen MR) is 106 cm³/mol. The van der Waals surface area contributed by atoms with Gasteiger partial charge in [0.15, 0.2) is 0 Å². The molecule has 0 saturated carbocycles. The first kappa shape index (κ1) is 19.4. The normalized spacial score (nSPS) is 10.5. The van der Waals surface area contributed by atoms with Crippen molar-refractivity contribution in [2.75, 3.05) is 18.4 Å². The van der Waals surface area contributed by atoms with Crippen molar-refractivity contribution in [1.29, 1.82) is 0 Å². The number of nitrogens with one attached hydrogen (secondary N) is 2. The summed E-state index contributed by atoms with van der Waals surface area (Å²) in [6.45, 7) is 2.21. The van der Waals surface area contributed by atoms with E-state index in [4.69, 9.17) is 16.1 Å². The Morgan fingerprint density at radius 3 is 2.68 bits per heavy atom. The van der Waals surface area contributed by atoms with Crippen LogP contribution in [-0.2, 0) is 0 Å². The fourth-order valence-corrected chi connectivity index (χ4v) is 2.87. The van der Waals surface area contributed by atoms with Gasteiger partial charge in [0.25, 0.3) is 11.6 Å². The van der Waals surface area contributed by atoms with Crippen LogP contribution in [0.4, 0.5) is 11.4 Å². The molecule has 0 aliphatic heterocycles. The zero-order valence-corrected chi connectivity index (χ0v) is 15.7. The number of halogens is 1. The number of amides is 1. The van der Waals surface area contributed by atoms with Gasteiger partial charge in [0.2, 0.25) is 0 Å². The first-order valence-corrected chi connectivity index (χ1v) is 8.83. The predicted octanol–water partition coefficient (Wildman–Crippen LogP) is 4.05. The highest BCUT2D eigenvalue weighted by Gasteiger charge is 2.21. The van der Waals surface area contributed by atoms with Crippen molar-refractivity contribution in [3.63, 3.8) is 0 Å². The second kappa shape index (κ2) is 8.53. The molecular formula is C19H17ClN4O4. The number of carbonyl (C=O) groups is 1. The van der Waals surface area contributed by atoms with E-state index in [1.165, 1.54) is 12.1 Å². The molecule has 0 fully saturated rings. The topological polar surface area (TPSA) is 110 Å². The van der Waals surface area contributed by atoms with Crippen LogP contribution in [0.1, 0.15) is 16.1 Å². The fraction of sp³-hybridized carbons (Fsp3) is 0.158. The Morgan fingerprint density at radius 2 is 1.96 bits per heavy atom. The highest BCUT2D eigenvalue weighted by Crippen LogP contribution is 2.27. The van der Waals surface area contributed by atoms with Gasteiger partial charge in [-0.05, 0) is 19.1 Å². The van der Waals surface area contributed by atoms with E-state index in [-0.39, 0.29) is 23.2 Å². The minimum absolute atomic E-state index is 0.125. The number of nitro groups is 1. The number of anilines is 1. The number of carbonyl (C=O) groups excluding carboxylic acids is 1. The van der Waals surface area contributed by atoms with Gasteiger partial charge in [0, 0.05) is 29.7 Å². The number of hydrogen-bond acceptors (Lipinski definition) is 6. The second-order valence-corrected chi connectivity index (χ2v) is 6.37. The lowest BCUT2D eigenvalue weighted by Crippen LogP contribution is -2.29. The number of nitro benzene ring substituents is 1. The number of nitrogens with zero attached hydrogens (tertiary/aromatic N) is 2. The molecule has 2 aromatic carbocycles. The average Bonchev–Trinajstić information content (AvgIpc) is 3.08. The van der Waals surface area contributed by atoms with Crippen LogP contribution in [-0.4, -0.2) is 29.1 Å². The smallest absolute Gasteiger partial charge is 0.293 e. The van der Waals surface area contributed by atoms with Crippen LogP contribution in [0.15, 0.2) is 53.1 Å². The number of aryl methyl sites for hydroxylation is 1. The van der Waals surface area contributed by atoms with Crippen LogP contribution < -0.4 is 10.6 Å². The van der Waals surface area contributed by atoms with E-state index in [2.05, 4.69) is 15.8 Å². The number of rotatable bonds is 7. The maximum Gasteiger partial charge on any atom is 0.293 e. The number of hydrogen-bond donors (Lipinski definition) is 2. The quantitative estimate of drug-likeness (QED) is 0.351. The van der Waals surface area contributed by atoms with Crippen molar-refractivity contribution < 1.29 is 14.2 Å². The molecule has 3 aromatic rings. The third-order valence-electron chi connectivity index (χ3n) is 4.02. The van der Waals surface area contributed by atoms with Crippen molar-refractivity contribution >= 4 is 28.9 Å². The lowest BCUT2D eigenvalue weighted by Gasteiger charge is -2.09. The Labute approximate surface area is 165 Å². The molecule has 0 saturated heterocycles. The van der Waals surface area contributed by atoms with E-state index in [1.54, 1.807) is 13.0 Å². The van der Waals surface area contributed by atoms with Crippen molar-refractivity contribution in [3.8, 4) is 11.3 Å². The van der Waals surface area contributed by atoms with Gasteiger partial charge in [0.1, 0.15) is 22.7 Å². The van der Waals surface area contributed by atoms with Crippen LogP contribution in [0.25, 0.3) is 11.3 Å². The van der Waals surface area contributed by atoms with E-state index < -0.39 is 4.92 Å². The summed E-state index contributed by atoms with van der Waals surface area (Å²) in [6.07, 6.45) is 0. The molecule has 8 nitrogen and oxygen atoms in total. The van der Waals surface area contributed by atoms with Gasteiger partial charge in [0.05, 0.1) is 4.92 Å². The lowest BCUT2D eigenvalue weighted by atomic mass is 10.1. The van der Waals surface area contributed by atoms with Gasteiger partial charge in [-0.15, -0.1) is 0 Å². The molecule has 0 bridgehead atoms. The molecule has 1 amide bonds. The standard InChI is InChI=1S/C19H17ClN4O4/c1-12-17(18(23-28-12)13-5-3-2-4-6-13)19(25)22-10-9-21-15-8-7-14(20)11-16(15)24(26)27/h2-8,11,21H,9-10H2,1H3,(H,22,25). The van der Waals surface area contributed by atoms with Gasteiger partial charge < -0.3 is 15.2 Å². The molecule has 9 heteroatoms. The molecule has 0 unspecified atom stereocenters. The second-order valence-electron chi connectivity index (χ2n) is 5.93. The van der Waals surface area contributed by atoms with E-state index in [9.17, 15) is 14.9 Å². The first-order chi connectivity index (χ1) is 13.5. The third kappa shape index (κ3) is 4.29. The van der Waals surface area contributed by atoms with Crippen molar-refractivity contribution in [1.82, 2.24) is 10.5 Å². The minimum Gasteiger partial charge on any atom is -0.378 e. The summed E-state index contributed by atoms with van der Waals surface area (Å²) >= 11 is 5.80. The minimum atomic E-state index is -0.514. The number of benzene rings is 2. The van der Waals surface area contributed by atoms with Crippen LogP contribution in [0.2, 0.25) is 5.02 Å². The summed E-state index contributed by atoms with van der Waals surface area (Å²) in [6, 6.07) is 13.6. The van der Waals surface area contributed by atoms with E-state index in [1.807, 2.05) is 30.3 Å². The first-order valence-electron chi connectivity index (χ1n) is 8.45. The van der Waals surface area contributed by atoms with Crippen molar-refractivity contribution in [3.05, 3.63) is 75.0 Å². The molecule has 0 radical (unpaired) electrons. The highest BCUT2D eigenvalue weighted by molar-refractivity contribution is 6.30.